The molecule has 0 atom stereocenters. The first-order valence-electron chi connectivity index (χ1n) is 4.43. The van der Waals surface area contributed by atoms with E-state index in [2.05, 4.69) is 21.7 Å². The number of hydrogen-bond acceptors (Lipinski definition) is 3. The van der Waals surface area contributed by atoms with Crippen molar-refractivity contribution in [3.05, 3.63) is 23.1 Å². The van der Waals surface area contributed by atoms with E-state index in [1.54, 1.807) is 11.3 Å². The van der Waals surface area contributed by atoms with Crippen molar-refractivity contribution in [3.8, 4) is 0 Å². The number of aromatic nitrogens is 2. The molecule has 4 heteroatoms. The molecule has 2 rings (SSSR count). The molecule has 0 spiro atoms. The van der Waals surface area contributed by atoms with E-state index in [4.69, 9.17) is 5.73 Å². The SMILES string of the molecule is Cc1csc2cnc(CCCN)n12. The number of hydrogen-bond donors (Lipinski definition) is 1. The molecule has 0 aliphatic carbocycles. The Balaban J connectivity index is 2.38. The van der Waals surface area contributed by atoms with Crippen molar-refractivity contribution in [1.82, 2.24) is 9.38 Å². The van der Waals surface area contributed by atoms with E-state index in [1.807, 2.05) is 6.20 Å². The zero-order valence-electron chi connectivity index (χ0n) is 7.66. The maximum atomic E-state index is 5.47. The van der Waals surface area contributed by atoms with E-state index in [1.165, 1.54) is 10.5 Å². The summed E-state index contributed by atoms with van der Waals surface area (Å²) in [6, 6.07) is 0. The molecule has 0 unspecified atom stereocenters. The Morgan fingerprint density at radius 2 is 2.46 bits per heavy atom. The van der Waals surface area contributed by atoms with Crippen LogP contribution in [0.5, 0.6) is 0 Å². The van der Waals surface area contributed by atoms with Crippen LogP contribution in [-0.2, 0) is 6.42 Å². The Morgan fingerprint density at radius 1 is 1.62 bits per heavy atom. The van der Waals surface area contributed by atoms with Crippen molar-refractivity contribution in [2.24, 2.45) is 5.73 Å². The van der Waals surface area contributed by atoms with Crippen LogP contribution in [0.3, 0.4) is 0 Å². The summed E-state index contributed by atoms with van der Waals surface area (Å²) in [7, 11) is 0. The van der Waals surface area contributed by atoms with E-state index < -0.39 is 0 Å². The minimum Gasteiger partial charge on any atom is -0.330 e. The molecule has 2 heterocycles. The molecular formula is C9H13N3S. The van der Waals surface area contributed by atoms with Gasteiger partial charge in [-0.05, 0) is 19.9 Å². The van der Waals surface area contributed by atoms with Gasteiger partial charge in [0.1, 0.15) is 10.7 Å². The highest BCUT2D eigenvalue weighted by atomic mass is 32.1. The molecule has 2 aromatic heterocycles. The molecule has 0 saturated carbocycles. The predicted molar refractivity (Wildman–Crippen MR) is 55.2 cm³/mol. The maximum absolute atomic E-state index is 5.47. The Kier molecular flexibility index (Phi) is 2.33. The summed E-state index contributed by atoms with van der Waals surface area (Å²) in [6.07, 6.45) is 3.92. The summed E-state index contributed by atoms with van der Waals surface area (Å²) in [5, 5.41) is 2.16. The zero-order valence-corrected chi connectivity index (χ0v) is 8.47. The third kappa shape index (κ3) is 1.47. The van der Waals surface area contributed by atoms with Gasteiger partial charge in [-0.15, -0.1) is 11.3 Å². The fraction of sp³-hybridized carbons (Fsp3) is 0.444. The van der Waals surface area contributed by atoms with Gasteiger partial charge >= 0.3 is 0 Å². The minimum atomic E-state index is 0.734. The average Bonchev–Trinajstić information content (AvgIpc) is 2.67. The summed E-state index contributed by atoms with van der Waals surface area (Å²) in [5.41, 5.74) is 6.74. The summed E-state index contributed by atoms with van der Waals surface area (Å²) in [4.78, 5) is 5.60. The Bertz CT molecular complexity index is 402. The van der Waals surface area contributed by atoms with Gasteiger partial charge in [-0.3, -0.25) is 4.40 Å². The van der Waals surface area contributed by atoms with Crippen LogP contribution in [0.1, 0.15) is 17.9 Å². The largest absolute Gasteiger partial charge is 0.330 e. The van der Waals surface area contributed by atoms with E-state index in [0.717, 1.165) is 25.2 Å². The first-order valence-corrected chi connectivity index (χ1v) is 5.31. The summed E-state index contributed by atoms with van der Waals surface area (Å²) < 4.78 is 2.21. The summed E-state index contributed by atoms with van der Waals surface area (Å²) >= 11 is 1.74. The minimum absolute atomic E-state index is 0.734. The lowest BCUT2D eigenvalue weighted by molar-refractivity contribution is 0.774. The second-order valence-corrected chi connectivity index (χ2v) is 4.01. The molecule has 2 N–H and O–H groups in total. The lowest BCUT2D eigenvalue weighted by atomic mass is 10.3. The Labute approximate surface area is 81.2 Å². The third-order valence-electron chi connectivity index (χ3n) is 2.11. The van der Waals surface area contributed by atoms with Crippen molar-refractivity contribution in [3.63, 3.8) is 0 Å². The molecule has 2 aromatic rings. The first-order chi connectivity index (χ1) is 6.33. The number of nitrogens with two attached hydrogens (primary N) is 1. The van der Waals surface area contributed by atoms with Crippen molar-refractivity contribution < 1.29 is 0 Å². The van der Waals surface area contributed by atoms with Crippen molar-refractivity contribution in [1.29, 1.82) is 0 Å². The lowest BCUT2D eigenvalue weighted by Crippen LogP contribution is -2.03. The van der Waals surface area contributed by atoms with E-state index >= 15 is 0 Å². The van der Waals surface area contributed by atoms with Crippen LogP contribution < -0.4 is 5.73 Å². The molecule has 13 heavy (non-hydrogen) atoms. The summed E-state index contributed by atoms with van der Waals surface area (Å²) in [5.74, 6) is 1.14. The molecule has 3 nitrogen and oxygen atoms in total. The normalized spacial score (nSPS) is 11.2. The van der Waals surface area contributed by atoms with Gasteiger partial charge in [0.2, 0.25) is 0 Å². The molecule has 0 saturated heterocycles. The van der Waals surface area contributed by atoms with Crippen LogP contribution in [0.2, 0.25) is 0 Å². The van der Waals surface area contributed by atoms with Gasteiger partial charge in [0.25, 0.3) is 0 Å². The fourth-order valence-electron chi connectivity index (χ4n) is 1.47. The quantitative estimate of drug-likeness (QED) is 0.808. The number of aryl methyl sites for hydroxylation is 2. The fourth-order valence-corrected chi connectivity index (χ4v) is 2.33. The van der Waals surface area contributed by atoms with Gasteiger partial charge in [-0.1, -0.05) is 0 Å². The third-order valence-corrected chi connectivity index (χ3v) is 3.10. The average molecular weight is 195 g/mol. The topological polar surface area (TPSA) is 43.3 Å². The van der Waals surface area contributed by atoms with E-state index in [9.17, 15) is 0 Å². The van der Waals surface area contributed by atoms with Gasteiger partial charge in [-0.25, -0.2) is 4.98 Å². The van der Waals surface area contributed by atoms with Crippen LogP contribution in [-0.4, -0.2) is 15.9 Å². The van der Waals surface area contributed by atoms with Gasteiger partial charge in [0.05, 0.1) is 6.20 Å². The molecule has 0 aliphatic rings. The first kappa shape index (κ1) is 8.72. The molecule has 0 fully saturated rings. The molecule has 0 amide bonds. The number of nitrogens with zero attached hydrogens (tertiary/aromatic N) is 2. The van der Waals surface area contributed by atoms with Crippen LogP contribution in [0.15, 0.2) is 11.6 Å². The maximum Gasteiger partial charge on any atom is 0.119 e. The lowest BCUT2D eigenvalue weighted by Gasteiger charge is -1.98. The zero-order chi connectivity index (χ0) is 9.26. The van der Waals surface area contributed by atoms with E-state index in [-0.39, 0.29) is 0 Å². The van der Waals surface area contributed by atoms with Gasteiger partial charge < -0.3 is 5.73 Å². The second kappa shape index (κ2) is 3.47. The number of rotatable bonds is 3. The van der Waals surface area contributed by atoms with Crippen LogP contribution in [0.4, 0.5) is 0 Å². The van der Waals surface area contributed by atoms with Gasteiger partial charge in [0.15, 0.2) is 0 Å². The highest BCUT2D eigenvalue weighted by molar-refractivity contribution is 7.15. The highest BCUT2D eigenvalue weighted by Gasteiger charge is 2.06. The Hall–Kier alpha value is -0.870. The Morgan fingerprint density at radius 3 is 3.23 bits per heavy atom. The molecule has 70 valence electrons. The molecular weight excluding hydrogens is 182 g/mol. The standard InChI is InChI=1S/C9H13N3S/c1-7-6-13-9-5-11-8(12(7)9)3-2-4-10/h5-6H,2-4,10H2,1H3. The van der Waals surface area contributed by atoms with E-state index in [0.29, 0.717) is 0 Å². The molecule has 0 aromatic carbocycles. The molecule has 0 radical (unpaired) electrons. The second-order valence-electron chi connectivity index (χ2n) is 3.12. The number of imidazole rings is 1. The smallest absolute Gasteiger partial charge is 0.119 e. The van der Waals surface area contributed by atoms with Gasteiger partial charge in [-0.2, -0.15) is 0 Å². The number of thiazole rings is 1. The molecule has 0 bridgehead atoms. The molecule has 0 aliphatic heterocycles. The van der Waals surface area contributed by atoms with Gasteiger partial charge in [0, 0.05) is 17.5 Å². The van der Waals surface area contributed by atoms with Crippen LogP contribution in [0, 0.1) is 6.92 Å². The predicted octanol–water partition coefficient (Wildman–Crippen LogP) is 1.60. The summed E-state index contributed by atoms with van der Waals surface area (Å²) in [6.45, 7) is 2.84. The van der Waals surface area contributed by atoms with Crippen molar-refractivity contribution in [2.75, 3.05) is 6.54 Å². The monoisotopic (exact) mass is 195 g/mol. The van der Waals surface area contributed by atoms with Crippen LogP contribution >= 0.6 is 11.3 Å². The van der Waals surface area contributed by atoms with Crippen molar-refractivity contribution >= 4 is 16.2 Å². The highest BCUT2D eigenvalue weighted by Crippen LogP contribution is 2.18. The number of fused-ring (bicyclic) bond motifs is 1. The van der Waals surface area contributed by atoms with Crippen molar-refractivity contribution in [2.45, 2.75) is 19.8 Å². The van der Waals surface area contributed by atoms with Crippen LogP contribution in [0.25, 0.3) is 4.83 Å².